The molecule has 0 aliphatic heterocycles. The van der Waals surface area contributed by atoms with Crippen molar-refractivity contribution in [1.82, 2.24) is 5.48 Å². The summed E-state index contributed by atoms with van der Waals surface area (Å²) in [7, 11) is 0. The largest absolute Gasteiger partial charge is 0.351 e. The Morgan fingerprint density at radius 3 is 2.55 bits per heavy atom. The highest BCUT2D eigenvalue weighted by molar-refractivity contribution is 4.32. The Hall–Kier alpha value is -0.120. The van der Waals surface area contributed by atoms with Crippen LogP contribution in [0.4, 0.5) is 0 Å². The van der Waals surface area contributed by atoms with Gasteiger partial charge in [0.25, 0.3) is 0 Å². The van der Waals surface area contributed by atoms with Gasteiger partial charge in [0.05, 0.1) is 0 Å². The fourth-order valence-corrected chi connectivity index (χ4v) is 0.596. The zero-order valence-electron chi connectivity index (χ0n) is 7.72. The summed E-state index contributed by atoms with van der Waals surface area (Å²) in [6.45, 7) is 7.69. The van der Waals surface area contributed by atoms with Crippen molar-refractivity contribution in [2.75, 3.05) is 13.2 Å². The molecule has 11 heavy (non-hydrogen) atoms. The highest BCUT2D eigenvalue weighted by Crippen LogP contribution is 1.91. The van der Waals surface area contributed by atoms with Crippen LogP contribution in [0.15, 0.2) is 0 Å². The van der Waals surface area contributed by atoms with Crippen LogP contribution in [0.5, 0.6) is 0 Å². The molecule has 0 saturated carbocycles. The average molecular weight is 161 g/mol. The van der Waals surface area contributed by atoms with E-state index in [0.717, 1.165) is 26.0 Å². The molecule has 0 bridgehead atoms. The van der Waals surface area contributed by atoms with Gasteiger partial charge in [0.2, 0.25) is 0 Å². The van der Waals surface area contributed by atoms with Crippen LogP contribution in [-0.2, 0) is 9.57 Å². The summed E-state index contributed by atoms with van der Waals surface area (Å²) in [5.74, 6) is 0. The van der Waals surface area contributed by atoms with Gasteiger partial charge in [0.1, 0.15) is 0 Å². The minimum absolute atomic E-state index is 0.138. The molecule has 0 aromatic rings. The van der Waals surface area contributed by atoms with Gasteiger partial charge in [0.15, 0.2) is 6.29 Å². The van der Waals surface area contributed by atoms with Gasteiger partial charge in [-0.2, -0.15) is 5.48 Å². The van der Waals surface area contributed by atoms with E-state index >= 15 is 0 Å². The van der Waals surface area contributed by atoms with E-state index in [4.69, 9.17) is 9.57 Å². The van der Waals surface area contributed by atoms with Gasteiger partial charge in [-0.15, -0.1) is 0 Å². The van der Waals surface area contributed by atoms with Crippen LogP contribution in [0.1, 0.15) is 33.6 Å². The Balaban J connectivity index is 3.02. The van der Waals surface area contributed by atoms with Crippen molar-refractivity contribution in [3.63, 3.8) is 0 Å². The van der Waals surface area contributed by atoms with Gasteiger partial charge >= 0.3 is 0 Å². The van der Waals surface area contributed by atoms with Gasteiger partial charge in [-0.05, 0) is 19.8 Å². The lowest BCUT2D eigenvalue weighted by Crippen LogP contribution is -2.24. The Morgan fingerprint density at radius 2 is 2.00 bits per heavy atom. The molecule has 3 nitrogen and oxygen atoms in total. The maximum Gasteiger partial charge on any atom is 0.174 e. The third kappa shape index (κ3) is 7.78. The van der Waals surface area contributed by atoms with Crippen LogP contribution in [-0.4, -0.2) is 19.4 Å². The van der Waals surface area contributed by atoms with Crippen LogP contribution in [0.25, 0.3) is 0 Å². The molecule has 0 rings (SSSR count). The molecule has 0 aromatic carbocycles. The molecule has 1 N–H and O–H groups in total. The number of hydrogen-bond donors (Lipinski definition) is 1. The van der Waals surface area contributed by atoms with E-state index in [1.165, 1.54) is 0 Å². The maximum absolute atomic E-state index is 5.25. The molecule has 0 fully saturated rings. The van der Waals surface area contributed by atoms with E-state index in [1.54, 1.807) is 0 Å². The second-order valence-electron chi connectivity index (χ2n) is 2.45. The third-order valence-electron chi connectivity index (χ3n) is 1.16. The highest BCUT2D eigenvalue weighted by atomic mass is 16.8. The van der Waals surface area contributed by atoms with Gasteiger partial charge in [-0.25, -0.2) is 0 Å². The smallest absolute Gasteiger partial charge is 0.174 e. The third-order valence-corrected chi connectivity index (χ3v) is 1.16. The van der Waals surface area contributed by atoms with Crippen molar-refractivity contribution < 1.29 is 9.57 Å². The van der Waals surface area contributed by atoms with E-state index in [9.17, 15) is 0 Å². The topological polar surface area (TPSA) is 30.5 Å². The molecule has 1 unspecified atom stereocenters. The molecule has 3 heteroatoms. The second-order valence-corrected chi connectivity index (χ2v) is 2.45. The van der Waals surface area contributed by atoms with Crippen molar-refractivity contribution in [3.8, 4) is 0 Å². The van der Waals surface area contributed by atoms with Crippen molar-refractivity contribution in [2.45, 2.75) is 39.9 Å². The van der Waals surface area contributed by atoms with Crippen LogP contribution in [0.3, 0.4) is 0 Å². The molecule has 0 aliphatic rings. The molecule has 0 radical (unpaired) electrons. The zero-order chi connectivity index (χ0) is 8.53. The molecule has 0 saturated heterocycles. The summed E-state index contributed by atoms with van der Waals surface area (Å²) in [5.41, 5.74) is 2.82. The standard InChI is InChI=1S/C8H19NO2/c1-4-6-9-11-8(3)10-7-5-2/h8-9H,4-7H2,1-3H3. The Labute approximate surface area is 69.0 Å². The lowest BCUT2D eigenvalue weighted by atomic mass is 10.5. The van der Waals surface area contributed by atoms with Gasteiger partial charge in [0, 0.05) is 13.2 Å². The fraction of sp³-hybridized carbons (Fsp3) is 1.00. The van der Waals surface area contributed by atoms with E-state index in [0.29, 0.717) is 0 Å². The van der Waals surface area contributed by atoms with Crippen molar-refractivity contribution >= 4 is 0 Å². The number of hydroxylamine groups is 1. The molecule has 0 aliphatic carbocycles. The number of hydrogen-bond acceptors (Lipinski definition) is 3. The molecular weight excluding hydrogens is 142 g/mol. The molecule has 0 aromatic heterocycles. The zero-order valence-corrected chi connectivity index (χ0v) is 7.72. The predicted molar refractivity (Wildman–Crippen MR) is 45.1 cm³/mol. The summed E-state index contributed by atoms with van der Waals surface area (Å²) in [5, 5.41) is 0. The van der Waals surface area contributed by atoms with Crippen molar-refractivity contribution in [1.29, 1.82) is 0 Å². The Bertz CT molecular complexity index is 78.5. The normalized spacial score (nSPS) is 13.4. The Morgan fingerprint density at radius 1 is 1.27 bits per heavy atom. The van der Waals surface area contributed by atoms with Gasteiger partial charge in [-0.1, -0.05) is 13.8 Å². The summed E-state index contributed by atoms with van der Waals surface area (Å²) in [4.78, 5) is 5.11. The SMILES string of the molecule is CCCNOC(C)OCCC. The van der Waals surface area contributed by atoms with E-state index in [-0.39, 0.29) is 6.29 Å². The molecule has 0 spiro atoms. The van der Waals surface area contributed by atoms with Crippen molar-refractivity contribution in [2.24, 2.45) is 0 Å². The number of nitrogens with one attached hydrogen (secondary N) is 1. The van der Waals surface area contributed by atoms with Gasteiger partial charge in [-0.3, -0.25) is 4.84 Å². The van der Waals surface area contributed by atoms with Gasteiger partial charge < -0.3 is 4.74 Å². The second kappa shape index (κ2) is 7.98. The maximum atomic E-state index is 5.25. The lowest BCUT2D eigenvalue weighted by Gasteiger charge is -2.12. The molecular formula is C8H19NO2. The fourth-order valence-electron chi connectivity index (χ4n) is 0.596. The summed E-state index contributed by atoms with van der Waals surface area (Å²) < 4.78 is 5.25. The summed E-state index contributed by atoms with van der Waals surface area (Å²) in [6.07, 6.45) is 1.96. The average Bonchev–Trinajstić information content (AvgIpc) is 2.01. The first-order valence-electron chi connectivity index (χ1n) is 4.31. The first-order valence-corrected chi connectivity index (χ1v) is 4.31. The molecule has 0 heterocycles. The van der Waals surface area contributed by atoms with Crippen molar-refractivity contribution in [3.05, 3.63) is 0 Å². The molecule has 1 atom stereocenters. The minimum Gasteiger partial charge on any atom is -0.351 e. The Kier molecular flexibility index (Phi) is 7.89. The first-order chi connectivity index (χ1) is 5.31. The van der Waals surface area contributed by atoms with E-state index in [2.05, 4.69) is 19.3 Å². The van der Waals surface area contributed by atoms with Crippen LogP contribution >= 0.6 is 0 Å². The van der Waals surface area contributed by atoms with Crippen LogP contribution in [0.2, 0.25) is 0 Å². The summed E-state index contributed by atoms with van der Waals surface area (Å²) >= 11 is 0. The monoisotopic (exact) mass is 161 g/mol. The van der Waals surface area contributed by atoms with Crippen LogP contribution in [0, 0.1) is 0 Å². The first kappa shape index (κ1) is 10.9. The summed E-state index contributed by atoms with van der Waals surface area (Å²) in [6, 6.07) is 0. The molecule has 68 valence electrons. The number of rotatable bonds is 7. The minimum atomic E-state index is -0.138. The van der Waals surface area contributed by atoms with Crippen LogP contribution < -0.4 is 5.48 Å². The number of ether oxygens (including phenoxy) is 1. The van der Waals surface area contributed by atoms with E-state index < -0.39 is 0 Å². The molecule has 0 amide bonds. The lowest BCUT2D eigenvalue weighted by molar-refractivity contribution is -0.168. The highest BCUT2D eigenvalue weighted by Gasteiger charge is 1.98. The van der Waals surface area contributed by atoms with E-state index in [1.807, 2.05) is 6.92 Å². The predicted octanol–water partition coefficient (Wildman–Crippen LogP) is 1.69. The quantitative estimate of drug-likeness (QED) is 0.350.